The predicted octanol–water partition coefficient (Wildman–Crippen LogP) is -17.3. The van der Waals surface area contributed by atoms with Gasteiger partial charge < -0.3 is 29.7 Å². The third kappa shape index (κ3) is 9.54. The number of rotatable bonds is 12. The molecule has 0 bridgehead atoms. The third-order valence-electron chi connectivity index (χ3n) is 3.11. The largest absolute Gasteiger partial charge is 1.00 e. The molecule has 33 nitrogen and oxygen atoms in total. The monoisotopic (exact) mass is 651 g/mol. The quantitative estimate of drug-likeness (QED) is 0.0817. The van der Waals surface area contributed by atoms with Crippen molar-refractivity contribution in [1.29, 1.82) is 0 Å². The molecule has 0 aromatic carbocycles. The Hall–Kier alpha value is -3.99. The number of nitro groups is 9. The molecule has 216 valence electrons. The normalized spacial score (nSPS) is 9.71. The van der Waals surface area contributed by atoms with E-state index in [2.05, 4.69) is 0 Å². The summed E-state index contributed by atoms with van der Waals surface area (Å²) in [6, 6.07) is 0. The van der Waals surface area contributed by atoms with E-state index in [9.17, 15) is 121 Å². The van der Waals surface area contributed by atoms with Crippen molar-refractivity contribution in [3.8, 4) is 0 Å². The van der Waals surface area contributed by atoms with Crippen molar-refractivity contribution >= 4 is 17.9 Å². The molecular formula is C6N9Na3O24. The minimum atomic E-state index is -4.53. The fourth-order valence-corrected chi connectivity index (χ4v) is 1.27. The fourth-order valence-electron chi connectivity index (χ4n) is 1.27. The molecule has 42 heavy (non-hydrogen) atoms. The van der Waals surface area contributed by atoms with E-state index in [1.807, 2.05) is 0 Å². The van der Waals surface area contributed by atoms with Gasteiger partial charge >= 0.3 is 106 Å². The number of carboxylic acids is 3. The molecule has 0 aliphatic heterocycles. The number of hydrogen-bond acceptors (Lipinski definition) is 24. The van der Waals surface area contributed by atoms with E-state index in [0.717, 1.165) is 0 Å². The fraction of sp³-hybridized carbons (Fsp3) is 0.500. The second-order valence-corrected chi connectivity index (χ2v) is 5.08. The molecule has 0 amide bonds. The van der Waals surface area contributed by atoms with E-state index in [1.54, 1.807) is 0 Å². The van der Waals surface area contributed by atoms with Gasteiger partial charge in [-0.15, -0.1) is 0 Å². The van der Waals surface area contributed by atoms with Crippen LogP contribution in [0.2, 0.25) is 0 Å². The number of carboxylic acid groups (broad SMARTS) is 3. The molecule has 0 radical (unpaired) electrons. The zero-order chi connectivity index (χ0) is 32.4. The molecule has 0 aliphatic rings. The maximum Gasteiger partial charge on any atom is 1.00 e. The third-order valence-corrected chi connectivity index (χ3v) is 3.11. The summed E-state index contributed by atoms with van der Waals surface area (Å²) in [7, 11) is 0. The maximum atomic E-state index is 9.91. The van der Waals surface area contributed by atoms with Gasteiger partial charge in [-0.1, -0.05) is 0 Å². The maximum absolute atomic E-state index is 9.91. The van der Waals surface area contributed by atoms with E-state index >= 15 is 0 Å². The summed E-state index contributed by atoms with van der Waals surface area (Å²) in [5.41, 5.74) is 0. The Balaban J connectivity index is -0.000000112. The van der Waals surface area contributed by atoms with Crippen LogP contribution in [0.1, 0.15) is 0 Å². The smallest absolute Gasteiger partial charge is 0.531 e. The second kappa shape index (κ2) is 19.2. The molecule has 0 aromatic rings. The van der Waals surface area contributed by atoms with Crippen LogP contribution in [0.3, 0.4) is 0 Å². The van der Waals surface area contributed by atoms with Crippen molar-refractivity contribution in [2.24, 2.45) is 0 Å². The Morgan fingerprint density at radius 1 is 0.310 bits per heavy atom. The van der Waals surface area contributed by atoms with Crippen molar-refractivity contribution < 1.29 is 163 Å². The molecular weight excluding hydrogens is 651 g/mol. The van der Waals surface area contributed by atoms with Crippen molar-refractivity contribution in [3.05, 3.63) is 91.0 Å². The number of carbonyl (C=O) groups is 3. The predicted molar refractivity (Wildman–Crippen MR) is 86.2 cm³/mol. The molecule has 0 fully saturated rings. The van der Waals surface area contributed by atoms with E-state index in [-0.39, 0.29) is 88.7 Å². The molecule has 0 unspecified atom stereocenters. The molecule has 0 heterocycles. The molecule has 0 N–H and O–H groups in total. The summed E-state index contributed by atoms with van der Waals surface area (Å²) >= 11 is 0. The summed E-state index contributed by atoms with van der Waals surface area (Å²) in [5, 5.41) is 118. The SMILES string of the molecule is O=C([O-])C([N+](=O)[O-])([N+](=O)[O-])[N+](=O)[O-].O=C([O-])C([N+](=O)[O-])([N+](=O)[O-])[N+](=O)[O-].O=C([O-])C([N+](=O)[O-])([N+](=O)[O-])[N+](=O)[O-].[Na+].[Na+].[Na+]. The van der Waals surface area contributed by atoms with Crippen LogP contribution in [0.4, 0.5) is 0 Å². The van der Waals surface area contributed by atoms with Crippen LogP contribution >= 0.6 is 0 Å². The molecule has 0 aliphatic carbocycles. The minimum absolute atomic E-state index is 0. The van der Waals surface area contributed by atoms with E-state index in [1.165, 1.54) is 0 Å². The summed E-state index contributed by atoms with van der Waals surface area (Å²) in [5.74, 6) is -22.6. The van der Waals surface area contributed by atoms with Crippen LogP contribution in [-0.4, -0.2) is 79.6 Å². The Bertz CT molecular complexity index is 855. The second-order valence-electron chi connectivity index (χ2n) is 5.08. The Morgan fingerprint density at radius 3 is 0.381 bits per heavy atom. The Morgan fingerprint density at radius 2 is 0.381 bits per heavy atom. The van der Waals surface area contributed by atoms with Gasteiger partial charge in [0.2, 0.25) is 0 Å². The first-order valence-electron chi connectivity index (χ1n) is 7.27. The van der Waals surface area contributed by atoms with Gasteiger partial charge in [0.05, 0.1) is 0 Å². The van der Waals surface area contributed by atoms with Crippen molar-refractivity contribution in [1.82, 2.24) is 0 Å². The van der Waals surface area contributed by atoms with Crippen molar-refractivity contribution in [2.45, 2.75) is 17.4 Å². The number of aliphatic carboxylic acids is 3. The summed E-state index contributed by atoms with van der Waals surface area (Å²) in [6.07, 6.45) is 0. The van der Waals surface area contributed by atoms with Gasteiger partial charge in [-0.3, -0.25) is 91.0 Å². The topological polar surface area (TPSA) is 509 Å². The van der Waals surface area contributed by atoms with Gasteiger partial charge in [0.25, 0.3) is 17.9 Å². The molecule has 0 saturated carbocycles. The standard InChI is InChI=1S/3C2HN3O8.3Na/c3*6-1(7)2(3(8)9,4(10)11)5(12)13;;;/h3*(H,6,7);;;/q;;;3*+1/p-3. The summed E-state index contributed by atoms with van der Waals surface area (Å²) in [4.78, 5) is 99.0. The first-order valence-corrected chi connectivity index (χ1v) is 7.27. The minimum Gasteiger partial charge on any atom is -0.531 e. The van der Waals surface area contributed by atoms with Crippen molar-refractivity contribution in [3.63, 3.8) is 0 Å². The summed E-state index contributed by atoms with van der Waals surface area (Å²) in [6.45, 7) is 0. The van der Waals surface area contributed by atoms with Gasteiger partial charge in [-0.25, -0.2) is 0 Å². The van der Waals surface area contributed by atoms with E-state index in [4.69, 9.17) is 0 Å². The zero-order valence-electron chi connectivity index (χ0n) is 19.8. The van der Waals surface area contributed by atoms with Gasteiger partial charge in [0.15, 0.2) is 44.3 Å². The molecule has 0 atom stereocenters. The average molecular weight is 651 g/mol. The number of carbonyl (C=O) groups excluding carboxylic acids is 3. The van der Waals surface area contributed by atoms with Crippen LogP contribution in [0, 0.1) is 91.0 Å². The Kier molecular flexibility index (Phi) is 23.2. The molecule has 0 spiro atoms. The van der Waals surface area contributed by atoms with E-state index in [0.29, 0.717) is 0 Å². The van der Waals surface area contributed by atoms with Crippen LogP contribution in [-0.2, 0) is 14.4 Å². The first-order chi connectivity index (χ1) is 17.3. The zero-order valence-corrected chi connectivity index (χ0v) is 25.8. The van der Waals surface area contributed by atoms with E-state index < -0.39 is 79.6 Å². The van der Waals surface area contributed by atoms with Crippen LogP contribution in [0.15, 0.2) is 0 Å². The number of nitrogens with zero attached hydrogens (tertiary/aromatic N) is 9. The van der Waals surface area contributed by atoms with Gasteiger partial charge in [0.1, 0.15) is 0 Å². The van der Waals surface area contributed by atoms with Crippen LogP contribution in [0.25, 0.3) is 0 Å². The molecule has 0 saturated heterocycles. The van der Waals surface area contributed by atoms with Crippen LogP contribution in [0.5, 0.6) is 0 Å². The van der Waals surface area contributed by atoms with Gasteiger partial charge in [-0.05, 0) is 0 Å². The summed E-state index contributed by atoms with van der Waals surface area (Å²) < 4.78 is 0. The van der Waals surface area contributed by atoms with Crippen LogP contribution < -0.4 is 104 Å². The Labute approximate surface area is 287 Å². The molecule has 0 aromatic heterocycles. The number of hydrogen-bond donors (Lipinski definition) is 0. The van der Waals surface area contributed by atoms with Gasteiger partial charge in [0, 0.05) is 0 Å². The van der Waals surface area contributed by atoms with Crippen molar-refractivity contribution in [2.75, 3.05) is 0 Å². The van der Waals surface area contributed by atoms with Gasteiger partial charge in [-0.2, -0.15) is 0 Å². The first kappa shape index (κ1) is 50.8. The molecule has 0 rings (SSSR count). The molecule has 36 heteroatoms. The average Bonchev–Trinajstić information content (AvgIpc) is 2.66.